The number of benzene rings is 1. The highest BCUT2D eigenvalue weighted by Gasteiger charge is 2.09. The van der Waals surface area contributed by atoms with Crippen LogP contribution < -0.4 is 10.1 Å². The molecule has 0 heterocycles. The molecule has 1 aromatic carbocycles. The molecule has 2 atom stereocenters. The minimum atomic E-state index is 0.277. The summed E-state index contributed by atoms with van der Waals surface area (Å²) in [6, 6.07) is 6.54. The van der Waals surface area contributed by atoms with E-state index in [4.69, 9.17) is 4.74 Å². The van der Waals surface area contributed by atoms with E-state index >= 15 is 0 Å². The summed E-state index contributed by atoms with van der Waals surface area (Å²) in [5.41, 5.74) is 1.25. The normalized spacial score (nSPS) is 14.4. The van der Waals surface area contributed by atoms with Crippen molar-refractivity contribution in [2.45, 2.75) is 45.8 Å². The number of hydrogen-bond donors (Lipinski definition) is 1. The second kappa shape index (κ2) is 7.02. The van der Waals surface area contributed by atoms with E-state index in [2.05, 4.69) is 54.2 Å². The molecule has 1 N–H and O–H groups in total. The predicted molar refractivity (Wildman–Crippen MR) is 76.6 cm³/mol. The first-order valence-electron chi connectivity index (χ1n) is 6.21. The lowest BCUT2D eigenvalue weighted by atomic mass is 10.1. The van der Waals surface area contributed by atoms with E-state index in [9.17, 15) is 0 Å². The van der Waals surface area contributed by atoms with Gasteiger partial charge >= 0.3 is 0 Å². The van der Waals surface area contributed by atoms with Crippen LogP contribution in [-0.4, -0.2) is 13.2 Å². The van der Waals surface area contributed by atoms with Crippen molar-refractivity contribution >= 4 is 15.9 Å². The van der Waals surface area contributed by atoms with E-state index in [1.807, 2.05) is 13.1 Å². The molecule has 0 aliphatic carbocycles. The molecule has 17 heavy (non-hydrogen) atoms. The molecule has 1 rings (SSSR count). The van der Waals surface area contributed by atoms with Gasteiger partial charge in [0.1, 0.15) is 5.75 Å². The van der Waals surface area contributed by atoms with Gasteiger partial charge in [0, 0.05) is 10.5 Å². The van der Waals surface area contributed by atoms with Crippen molar-refractivity contribution in [1.82, 2.24) is 5.32 Å². The summed E-state index contributed by atoms with van der Waals surface area (Å²) in [4.78, 5) is 0. The van der Waals surface area contributed by atoms with Crippen molar-refractivity contribution in [2.24, 2.45) is 0 Å². The van der Waals surface area contributed by atoms with Gasteiger partial charge in [0.25, 0.3) is 0 Å². The Labute approximate surface area is 113 Å². The third-order valence-corrected chi connectivity index (χ3v) is 3.59. The third-order valence-electron chi connectivity index (χ3n) is 2.90. The molecule has 0 saturated heterocycles. The molecular formula is C14H22BrNO. The Morgan fingerprint density at radius 2 is 2.06 bits per heavy atom. The van der Waals surface area contributed by atoms with Crippen molar-refractivity contribution in [3.63, 3.8) is 0 Å². The van der Waals surface area contributed by atoms with Crippen LogP contribution in [0, 0.1) is 0 Å². The minimum Gasteiger partial charge on any atom is -0.491 e. The van der Waals surface area contributed by atoms with E-state index in [0.717, 1.165) is 23.1 Å². The van der Waals surface area contributed by atoms with Crippen LogP contribution in [0.3, 0.4) is 0 Å². The average Bonchev–Trinajstić information content (AvgIpc) is 2.28. The van der Waals surface area contributed by atoms with Gasteiger partial charge in [-0.1, -0.05) is 35.3 Å². The molecule has 0 spiro atoms. The predicted octanol–water partition coefficient (Wildman–Crippen LogP) is 4.30. The lowest BCUT2D eigenvalue weighted by Crippen LogP contribution is -2.14. The molecule has 0 amide bonds. The Morgan fingerprint density at radius 3 is 2.59 bits per heavy atom. The average molecular weight is 300 g/mol. The molecule has 2 unspecified atom stereocenters. The van der Waals surface area contributed by atoms with E-state index in [1.54, 1.807) is 0 Å². The van der Waals surface area contributed by atoms with Crippen LogP contribution in [0.1, 0.15) is 45.2 Å². The van der Waals surface area contributed by atoms with Crippen molar-refractivity contribution in [3.05, 3.63) is 28.2 Å². The summed E-state index contributed by atoms with van der Waals surface area (Å²) in [7, 11) is 1.96. The fraction of sp³-hybridized carbons (Fsp3) is 0.571. The van der Waals surface area contributed by atoms with Crippen LogP contribution >= 0.6 is 15.9 Å². The Hall–Kier alpha value is -0.540. The van der Waals surface area contributed by atoms with Crippen LogP contribution in [-0.2, 0) is 0 Å². The van der Waals surface area contributed by atoms with Gasteiger partial charge < -0.3 is 10.1 Å². The molecule has 0 aliphatic heterocycles. The summed E-state index contributed by atoms with van der Waals surface area (Å²) < 4.78 is 6.95. The molecule has 3 heteroatoms. The van der Waals surface area contributed by atoms with Gasteiger partial charge in [-0.2, -0.15) is 0 Å². The Balaban J connectivity index is 2.75. The number of rotatable bonds is 6. The van der Waals surface area contributed by atoms with Crippen LogP contribution in [0.5, 0.6) is 5.75 Å². The smallest absolute Gasteiger partial charge is 0.120 e. The maximum atomic E-state index is 5.85. The molecule has 0 radical (unpaired) electrons. The lowest BCUT2D eigenvalue weighted by Gasteiger charge is -2.17. The van der Waals surface area contributed by atoms with Gasteiger partial charge in [-0.3, -0.25) is 0 Å². The van der Waals surface area contributed by atoms with Crippen LogP contribution in [0.4, 0.5) is 0 Å². The molecule has 0 saturated carbocycles. The highest BCUT2D eigenvalue weighted by Crippen LogP contribution is 2.28. The zero-order valence-corrected chi connectivity index (χ0v) is 12.7. The second-order valence-corrected chi connectivity index (χ2v) is 5.27. The minimum absolute atomic E-state index is 0.277. The van der Waals surface area contributed by atoms with E-state index in [1.165, 1.54) is 5.56 Å². The van der Waals surface area contributed by atoms with Gasteiger partial charge in [-0.15, -0.1) is 0 Å². The first-order chi connectivity index (χ1) is 8.08. The van der Waals surface area contributed by atoms with Crippen molar-refractivity contribution < 1.29 is 4.74 Å². The second-order valence-electron chi connectivity index (χ2n) is 4.41. The molecule has 2 nitrogen and oxygen atoms in total. The van der Waals surface area contributed by atoms with Gasteiger partial charge in [-0.25, -0.2) is 0 Å². The number of ether oxygens (including phenoxy) is 1. The van der Waals surface area contributed by atoms with Crippen molar-refractivity contribution in [2.75, 3.05) is 7.05 Å². The Kier molecular flexibility index (Phi) is 6.00. The van der Waals surface area contributed by atoms with Crippen LogP contribution in [0.25, 0.3) is 0 Å². The quantitative estimate of drug-likeness (QED) is 0.846. The van der Waals surface area contributed by atoms with E-state index < -0.39 is 0 Å². The fourth-order valence-electron chi connectivity index (χ4n) is 1.79. The summed E-state index contributed by atoms with van der Waals surface area (Å²) in [6.07, 6.45) is 2.52. The first-order valence-corrected chi connectivity index (χ1v) is 7.01. The highest BCUT2D eigenvalue weighted by atomic mass is 79.9. The lowest BCUT2D eigenvalue weighted by molar-refractivity contribution is 0.209. The zero-order chi connectivity index (χ0) is 12.8. The van der Waals surface area contributed by atoms with Crippen LogP contribution in [0.15, 0.2) is 22.7 Å². The van der Waals surface area contributed by atoms with Gasteiger partial charge in [0.2, 0.25) is 0 Å². The maximum absolute atomic E-state index is 5.85. The largest absolute Gasteiger partial charge is 0.491 e. The monoisotopic (exact) mass is 299 g/mol. The highest BCUT2D eigenvalue weighted by molar-refractivity contribution is 9.10. The molecule has 1 aromatic rings. The molecule has 0 bridgehead atoms. The number of hydrogen-bond acceptors (Lipinski definition) is 2. The van der Waals surface area contributed by atoms with Gasteiger partial charge in [-0.05, 0) is 45.0 Å². The fourth-order valence-corrected chi connectivity index (χ4v) is 2.49. The first kappa shape index (κ1) is 14.5. The molecule has 0 fully saturated rings. The van der Waals surface area contributed by atoms with E-state index in [-0.39, 0.29) is 6.10 Å². The molecule has 96 valence electrons. The maximum Gasteiger partial charge on any atom is 0.120 e. The summed E-state index contributed by atoms with van der Waals surface area (Å²) in [5.74, 6) is 0.935. The van der Waals surface area contributed by atoms with Crippen LogP contribution in [0.2, 0.25) is 0 Å². The third kappa shape index (κ3) is 4.32. The topological polar surface area (TPSA) is 21.3 Å². The summed E-state index contributed by atoms with van der Waals surface area (Å²) >= 11 is 3.60. The standard InChI is InChI=1S/C14H22BrNO/c1-5-6-10(2)17-12-7-8-13(11(3)16-4)14(15)9-12/h7-11,16H,5-6H2,1-4H3. The van der Waals surface area contributed by atoms with E-state index in [0.29, 0.717) is 6.04 Å². The summed E-state index contributed by atoms with van der Waals surface area (Å²) in [6.45, 7) is 6.43. The molecular weight excluding hydrogens is 278 g/mol. The Bertz CT molecular complexity index is 354. The van der Waals surface area contributed by atoms with Crippen molar-refractivity contribution in [1.29, 1.82) is 0 Å². The SMILES string of the molecule is CCCC(C)Oc1ccc(C(C)NC)c(Br)c1. The van der Waals surface area contributed by atoms with Gasteiger partial charge in [0.15, 0.2) is 0 Å². The molecule has 0 aromatic heterocycles. The molecule has 0 aliphatic rings. The summed E-state index contributed by atoms with van der Waals surface area (Å²) in [5, 5.41) is 3.23. The van der Waals surface area contributed by atoms with Crippen molar-refractivity contribution in [3.8, 4) is 5.75 Å². The zero-order valence-electron chi connectivity index (χ0n) is 11.1. The number of halogens is 1. The number of nitrogens with one attached hydrogen (secondary N) is 1. The van der Waals surface area contributed by atoms with Gasteiger partial charge in [0.05, 0.1) is 6.10 Å². The Morgan fingerprint density at radius 1 is 1.35 bits per heavy atom.